The largest absolute Gasteiger partial charge is 0.449 e. The zero-order chi connectivity index (χ0) is 21.7. The number of nitrogens with one attached hydrogen (secondary N) is 1. The number of nitrogens with zero attached hydrogens (tertiary/aromatic N) is 3. The Morgan fingerprint density at radius 3 is 2.97 bits per heavy atom. The quantitative estimate of drug-likeness (QED) is 0.737. The minimum atomic E-state index is -0.353. The lowest BCUT2D eigenvalue weighted by atomic mass is 9.88. The molecule has 0 saturated carbocycles. The third kappa shape index (κ3) is 5.05. The second-order valence-electron chi connectivity index (χ2n) is 7.45. The van der Waals surface area contributed by atoms with Crippen LogP contribution in [0, 0.1) is 24.2 Å². The molecule has 2 amide bonds. The molecule has 0 bridgehead atoms. The van der Waals surface area contributed by atoms with E-state index in [-0.39, 0.29) is 17.9 Å². The van der Waals surface area contributed by atoms with Crippen LogP contribution in [0.25, 0.3) is 6.08 Å². The van der Waals surface area contributed by atoms with Crippen LogP contribution in [0.15, 0.2) is 24.5 Å². The fourth-order valence-corrected chi connectivity index (χ4v) is 4.61. The van der Waals surface area contributed by atoms with Crippen LogP contribution in [0.5, 0.6) is 0 Å². The number of fused-ring (bicyclic) bond motifs is 1. The SMILES string of the molecule is Cc1ccncc1C=CC(=O)Nc1sc2c(c1C#N)CCC(COC(=O)N(C)C)C2. The third-order valence-corrected chi connectivity index (χ3v) is 6.19. The molecule has 2 heterocycles. The number of pyridine rings is 1. The molecule has 156 valence electrons. The first kappa shape index (κ1) is 21.5. The predicted octanol–water partition coefficient (Wildman–Crippen LogP) is 3.78. The Balaban J connectivity index is 1.68. The number of thiophene rings is 1. The topological polar surface area (TPSA) is 95.3 Å². The van der Waals surface area contributed by atoms with E-state index in [1.807, 2.05) is 13.0 Å². The van der Waals surface area contributed by atoms with Crippen molar-refractivity contribution in [2.75, 3.05) is 26.0 Å². The normalized spacial score (nSPS) is 15.3. The van der Waals surface area contributed by atoms with Crippen molar-refractivity contribution in [1.82, 2.24) is 9.88 Å². The average Bonchev–Trinajstić information content (AvgIpc) is 3.07. The molecule has 1 unspecified atom stereocenters. The Morgan fingerprint density at radius 2 is 2.27 bits per heavy atom. The molecule has 0 aromatic carbocycles. The highest BCUT2D eigenvalue weighted by atomic mass is 32.1. The Morgan fingerprint density at radius 1 is 1.47 bits per heavy atom. The lowest BCUT2D eigenvalue weighted by Gasteiger charge is -2.22. The maximum Gasteiger partial charge on any atom is 0.409 e. The van der Waals surface area contributed by atoms with Crippen LogP contribution in [0.4, 0.5) is 9.80 Å². The van der Waals surface area contributed by atoms with Crippen LogP contribution in [-0.4, -0.2) is 42.6 Å². The third-order valence-electron chi connectivity index (χ3n) is 5.02. The summed E-state index contributed by atoms with van der Waals surface area (Å²) < 4.78 is 5.31. The number of amides is 2. The molecule has 30 heavy (non-hydrogen) atoms. The van der Waals surface area contributed by atoms with E-state index in [4.69, 9.17) is 4.74 Å². The van der Waals surface area contributed by atoms with Gasteiger partial charge in [0.05, 0.1) is 12.2 Å². The number of aryl methyl sites for hydroxylation is 1. The second-order valence-corrected chi connectivity index (χ2v) is 8.56. The zero-order valence-corrected chi connectivity index (χ0v) is 18.1. The van der Waals surface area contributed by atoms with Crippen LogP contribution in [0.1, 0.15) is 33.6 Å². The number of aromatic nitrogens is 1. The number of ether oxygens (including phenoxy) is 1. The maximum atomic E-state index is 12.4. The number of nitriles is 1. The summed E-state index contributed by atoms with van der Waals surface area (Å²) in [6.07, 6.45) is 8.53. The molecule has 0 saturated heterocycles. The van der Waals surface area contributed by atoms with Gasteiger partial charge in [0.2, 0.25) is 5.91 Å². The van der Waals surface area contributed by atoms with Crippen molar-refractivity contribution in [2.24, 2.45) is 5.92 Å². The molecule has 0 aliphatic heterocycles. The van der Waals surface area contributed by atoms with Crippen LogP contribution < -0.4 is 5.32 Å². The number of carbonyl (C=O) groups excluding carboxylic acids is 2. The Hall–Kier alpha value is -3.18. The first-order chi connectivity index (χ1) is 14.4. The monoisotopic (exact) mass is 424 g/mol. The Labute approximate surface area is 180 Å². The fraction of sp³-hybridized carbons (Fsp3) is 0.364. The van der Waals surface area contributed by atoms with Crippen LogP contribution in [0.3, 0.4) is 0 Å². The van der Waals surface area contributed by atoms with Gasteiger partial charge in [0, 0.05) is 37.4 Å². The number of anilines is 1. The molecule has 0 spiro atoms. The van der Waals surface area contributed by atoms with Gasteiger partial charge in [-0.15, -0.1) is 11.3 Å². The van der Waals surface area contributed by atoms with E-state index in [0.29, 0.717) is 17.2 Å². The molecule has 1 atom stereocenters. The molecule has 8 heteroatoms. The van der Waals surface area contributed by atoms with E-state index >= 15 is 0 Å². The van der Waals surface area contributed by atoms with Gasteiger partial charge in [-0.2, -0.15) is 5.26 Å². The van der Waals surface area contributed by atoms with Gasteiger partial charge in [-0.3, -0.25) is 9.78 Å². The lowest BCUT2D eigenvalue weighted by Crippen LogP contribution is -2.27. The van der Waals surface area contributed by atoms with Crippen LogP contribution >= 0.6 is 11.3 Å². The van der Waals surface area contributed by atoms with Crippen molar-refractivity contribution in [2.45, 2.75) is 26.2 Å². The lowest BCUT2D eigenvalue weighted by molar-refractivity contribution is -0.111. The highest BCUT2D eigenvalue weighted by molar-refractivity contribution is 7.16. The zero-order valence-electron chi connectivity index (χ0n) is 17.3. The van der Waals surface area contributed by atoms with Crippen molar-refractivity contribution >= 4 is 34.4 Å². The molecule has 7 nitrogen and oxygen atoms in total. The highest BCUT2D eigenvalue weighted by Crippen LogP contribution is 2.39. The van der Waals surface area contributed by atoms with E-state index in [1.165, 1.54) is 22.3 Å². The highest BCUT2D eigenvalue weighted by Gasteiger charge is 2.27. The van der Waals surface area contributed by atoms with Gasteiger partial charge < -0.3 is 15.0 Å². The second kappa shape index (κ2) is 9.55. The molecule has 1 aliphatic carbocycles. The summed E-state index contributed by atoms with van der Waals surface area (Å²) in [6.45, 7) is 2.30. The summed E-state index contributed by atoms with van der Waals surface area (Å²) in [5, 5.41) is 13.0. The number of hydrogen-bond donors (Lipinski definition) is 1. The van der Waals surface area contributed by atoms with Gasteiger partial charge in [0.15, 0.2) is 0 Å². The average molecular weight is 425 g/mol. The van der Waals surface area contributed by atoms with Gasteiger partial charge in [-0.05, 0) is 60.9 Å². The molecular formula is C22H24N4O3S. The number of hydrogen-bond acceptors (Lipinski definition) is 6. The van der Waals surface area contributed by atoms with Crippen molar-refractivity contribution in [3.63, 3.8) is 0 Å². The van der Waals surface area contributed by atoms with E-state index in [2.05, 4.69) is 16.4 Å². The van der Waals surface area contributed by atoms with E-state index < -0.39 is 0 Å². The first-order valence-corrected chi connectivity index (χ1v) is 10.5. The summed E-state index contributed by atoms with van der Waals surface area (Å²) >= 11 is 1.43. The fourth-order valence-electron chi connectivity index (χ4n) is 3.29. The van der Waals surface area contributed by atoms with Crippen LogP contribution in [0.2, 0.25) is 0 Å². The van der Waals surface area contributed by atoms with E-state index in [0.717, 1.165) is 40.8 Å². The molecule has 0 radical (unpaired) electrons. The van der Waals surface area contributed by atoms with E-state index in [1.54, 1.807) is 32.6 Å². The molecule has 3 rings (SSSR count). The van der Waals surface area contributed by atoms with Gasteiger partial charge in [-0.25, -0.2) is 4.79 Å². The van der Waals surface area contributed by atoms with Crippen molar-refractivity contribution in [3.8, 4) is 6.07 Å². The predicted molar refractivity (Wildman–Crippen MR) is 116 cm³/mol. The number of rotatable bonds is 5. The maximum absolute atomic E-state index is 12.4. The summed E-state index contributed by atoms with van der Waals surface area (Å²) in [4.78, 5) is 30.6. The summed E-state index contributed by atoms with van der Waals surface area (Å²) in [5.41, 5.74) is 3.44. The molecular weight excluding hydrogens is 400 g/mol. The summed E-state index contributed by atoms with van der Waals surface area (Å²) in [5.74, 6) is -0.0755. The Kier molecular flexibility index (Phi) is 6.85. The van der Waals surface area contributed by atoms with Gasteiger partial charge >= 0.3 is 6.09 Å². The minimum Gasteiger partial charge on any atom is -0.449 e. The van der Waals surface area contributed by atoms with Gasteiger partial charge in [0.25, 0.3) is 0 Å². The smallest absolute Gasteiger partial charge is 0.409 e. The van der Waals surface area contributed by atoms with Crippen LogP contribution in [-0.2, 0) is 22.4 Å². The van der Waals surface area contributed by atoms with Crippen molar-refractivity contribution < 1.29 is 14.3 Å². The van der Waals surface area contributed by atoms with Gasteiger partial charge in [-0.1, -0.05) is 0 Å². The standard InChI is InChI=1S/C22H24N4O3S/c1-14-8-9-24-12-16(14)5-7-20(27)25-21-18(11-23)17-6-4-15(10-19(17)30-21)13-29-22(28)26(2)3/h5,7-9,12,15H,4,6,10,13H2,1-3H3,(H,25,27). The summed E-state index contributed by atoms with van der Waals surface area (Å²) in [7, 11) is 3.30. The minimum absolute atomic E-state index is 0.212. The van der Waals surface area contributed by atoms with Crippen molar-refractivity contribution in [3.05, 3.63) is 51.7 Å². The molecule has 1 aliphatic rings. The number of carbonyl (C=O) groups is 2. The van der Waals surface area contributed by atoms with E-state index in [9.17, 15) is 14.9 Å². The molecule has 1 N–H and O–H groups in total. The Bertz CT molecular complexity index is 1020. The molecule has 2 aromatic rings. The molecule has 2 aromatic heterocycles. The van der Waals surface area contributed by atoms with Gasteiger partial charge in [0.1, 0.15) is 11.1 Å². The van der Waals surface area contributed by atoms with Crippen molar-refractivity contribution in [1.29, 1.82) is 5.26 Å². The first-order valence-electron chi connectivity index (χ1n) is 9.67. The summed E-state index contributed by atoms with van der Waals surface area (Å²) in [6, 6.07) is 4.12. The molecule has 0 fully saturated rings.